The van der Waals surface area contributed by atoms with Crippen molar-refractivity contribution in [3.63, 3.8) is 0 Å². The van der Waals surface area contributed by atoms with Gasteiger partial charge in [-0.3, -0.25) is 14.4 Å². The average molecular weight is 473 g/mol. The summed E-state index contributed by atoms with van der Waals surface area (Å²) in [6, 6.07) is 0. The molecule has 34 heavy (non-hydrogen) atoms. The van der Waals surface area contributed by atoms with Crippen LogP contribution in [0.15, 0.2) is 0 Å². The maximum Gasteiger partial charge on any atom is 0.309 e. The molecule has 0 amide bonds. The minimum Gasteiger partial charge on any atom is -0.481 e. The van der Waals surface area contributed by atoms with Gasteiger partial charge in [0.15, 0.2) is 0 Å². The number of carbonyl (C=O) groups excluding carboxylic acids is 2. The monoisotopic (exact) mass is 472 g/mol. The lowest BCUT2D eigenvalue weighted by Gasteiger charge is -2.73. The first-order valence-electron chi connectivity index (χ1n) is 13.6. The molecule has 190 valence electrons. The molecule has 10 atom stereocenters. The van der Waals surface area contributed by atoms with Gasteiger partial charge < -0.3 is 10.2 Å². The van der Waals surface area contributed by atoms with Gasteiger partial charge >= 0.3 is 5.97 Å². The number of aliphatic hydroxyl groups excluding tert-OH is 1. The number of carboxylic acid groups (broad SMARTS) is 1. The molecule has 0 saturated heterocycles. The first-order chi connectivity index (χ1) is 15.7. The van der Waals surface area contributed by atoms with Gasteiger partial charge in [-0.25, -0.2) is 0 Å². The van der Waals surface area contributed by atoms with Gasteiger partial charge in [0.05, 0.1) is 11.5 Å². The van der Waals surface area contributed by atoms with E-state index in [1.807, 2.05) is 0 Å². The summed E-state index contributed by atoms with van der Waals surface area (Å²) in [5, 5.41) is 22.3. The molecule has 5 fully saturated rings. The molecule has 5 aliphatic rings. The van der Waals surface area contributed by atoms with Crippen LogP contribution in [0.2, 0.25) is 0 Å². The number of carbonyl (C=O) groups is 3. The number of carboxylic acids is 1. The second kappa shape index (κ2) is 7.17. The Labute approximate surface area is 204 Å². The Morgan fingerprint density at radius 1 is 0.912 bits per heavy atom. The predicted octanol–water partition coefficient (Wildman–Crippen LogP) is 5.28. The van der Waals surface area contributed by atoms with Crippen LogP contribution in [0.4, 0.5) is 0 Å². The summed E-state index contributed by atoms with van der Waals surface area (Å²) in [7, 11) is 0. The van der Waals surface area contributed by atoms with E-state index in [0.717, 1.165) is 25.7 Å². The summed E-state index contributed by atoms with van der Waals surface area (Å²) in [5.41, 5.74) is -1.59. The van der Waals surface area contributed by atoms with Gasteiger partial charge in [-0.2, -0.15) is 0 Å². The van der Waals surface area contributed by atoms with E-state index in [4.69, 9.17) is 0 Å². The molecule has 0 aromatic rings. The van der Waals surface area contributed by atoms with E-state index in [0.29, 0.717) is 37.9 Å². The summed E-state index contributed by atoms with van der Waals surface area (Å²) < 4.78 is 0. The van der Waals surface area contributed by atoms with Gasteiger partial charge in [-0.1, -0.05) is 34.6 Å². The Hall–Kier alpha value is -1.23. The lowest BCUT2D eigenvalue weighted by molar-refractivity contribution is -0.265. The molecule has 0 aliphatic heterocycles. The van der Waals surface area contributed by atoms with E-state index in [2.05, 4.69) is 34.6 Å². The van der Waals surface area contributed by atoms with Crippen molar-refractivity contribution in [2.75, 3.05) is 0 Å². The van der Waals surface area contributed by atoms with E-state index in [9.17, 15) is 24.6 Å². The quantitative estimate of drug-likeness (QED) is 0.570. The molecule has 5 heteroatoms. The highest BCUT2D eigenvalue weighted by molar-refractivity contribution is 5.85. The summed E-state index contributed by atoms with van der Waals surface area (Å²) in [4.78, 5) is 38.3. The zero-order chi connectivity index (χ0) is 25.1. The van der Waals surface area contributed by atoms with Crippen LogP contribution in [0.3, 0.4) is 0 Å². The first kappa shape index (κ1) is 24.5. The molecule has 0 unspecified atom stereocenters. The van der Waals surface area contributed by atoms with Gasteiger partial charge in [0.25, 0.3) is 0 Å². The molecular weight excluding hydrogens is 428 g/mol. The topological polar surface area (TPSA) is 91.7 Å². The molecule has 5 saturated carbocycles. The molecule has 0 aromatic heterocycles. The molecule has 0 aromatic carbocycles. The van der Waals surface area contributed by atoms with Crippen LogP contribution in [0.5, 0.6) is 0 Å². The van der Waals surface area contributed by atoms with Crippen LogP contribution >= 0.6 is 0 Å². The van der Waals surface area contributed by atoms with Gasteiger partial charge in [-0.05, 0) is 98.2 Å². The van der Waals surface area contributed by atoms with Gasteiger partial charge in [-0.15, -0.1) is 0 Å². The van der Waals surface area contributed by atoms with Crippen LogP contribution < -0.4 is 0 Å². The van der Waals surface area contributed by atoms with Gasteiger partial charge in [0.2, 0.25) is 0 Å². The Morgan fingerprint density at radius 3 is 2.21 bits per heavy atom. The second-order valence-corrected chi connectivity index (χ2v) is 14.2. The standard InChI is InChI=1S/C29H44O5/c1-16(30)17-7-12-29(24(33)34)14-13-27(5)18(22(17)29)15-19(31)23-26(4)10-9-21(32)25(2,3)20(26)8-11-28(23,27)6/h17-20,22-23,31H,7-15H2,1-6H3,(H,33,34)/t17-,18+,19+,20-,22+,23+,26-,27+,28+,29-/m0/s1. The van der Waals surface area contributed by atoms with Crippen molar-refractivity contribution in [1.82, 2.24) is 0 Å². The summed E-state index contributed by atoms with van der Waals surface area (Å²) >= 11 is 0. The van der Waals surface area contributed by atoms with E-state index in [-0.39, 0.29) is 57.0 Å². The van der Waals surface area contributed by atoms with Crippen LogP contribution in [0.25, 0.3) is 0 Å². The third kappa shape index (κ3) is 2.69. The van der Waals surface area contributed by atoms with Crippen molar-refractivity contribution in [2.24, 2.45) is 56.7 Å². The summed E-state index contributed by atoms with van der Waals surface area (Å²) in [5.74, 6) is -0.310. The fourth-order valence-corrected chi connectivity index (χ4v) is 11.3. The molecule has 5 aliphatic carbocycles. The Kier molecular flexibility index (Phi) is 5.16. The molecule has 5 rings (SSSR count). The van der Waals surface area contributed by atoms with Crippen LogP contribution in [-0.2, 0) is 14.4 Å². The number of rotatable bonds is 2. The lowest BCUT2D eigenvalue weighted by atomic mass is 9.32. The van der Waals surface area contributed by atoms with E-state index < -0.39 is 17.5 Å². The molecule has 5 nitrogen and oxygen atoms in total. The maximum absolute atomic E-state index is 12.9. The minimum atomic E-state index is -0.830. The Bertz CT molecular complexity index is 939. The fourth-order valence-electron chi connectivity index (χ4n) is 11.3. The second-order valence-electron chi connectivity index (χ2n) is 14.2. The summed E-state index contributed by atoms with van der Waals surface area (Å²) in [6.07, 6.45) is 6.10. The molecule has 0 radical (unpaired) electrons. The van der Waals surface area contributed by atoms with Gasteiger partial charge in [0, 0.05) is 17.8 Å². The smallest absolute Gasteiger partial charge is 0.309 e. The molecule has 0 spiro atoms. The van der Waals surface area contributed by atoms with Crippen molar-refractivity contribution in [2.45, 2.75) is 105 Å². The number of ketones is 2. The third-order valence-corrected chi connectivity index (χ3v) is 13.1. The van der Waals surface area contributed by atoms with Crippen molar-refractivity contribution in [1.29, 1.82) is 0 Å². The lowest BCUT2D eigenvalue weighted by Crippen LogP contribution is -2.70. The largest absolute Gasteiger partial charge is 0.481 e. The van der Waals surface area contributed by atoms with Crippen molar-refractivity contribution in [3.8, 4) is 0 Å². The third-order valence-electron chi connectivity index (χ3n) is 13.1. The zero-order valence-corrected chi connectivity index (χ0v) is 21.9. The number of fused-ring (bicyclic) bond motifs is 7. The summed E-state index contributed by atoms with van der Waals surface area (Å²) in [6.45, 7) is 12.9. The number of Topliss-reactive ketones (excluding diaryl/α,β-unsaturated/α-hetero) is 2. The number of hydrogen-bond acceptors (Lipinski definition) is 4. The predicted molar refractivity (Wildman–Crippen MR) is 129 cm³/mol. The molecule has 0 heterocycles. The number of hydrogen-bond donors (Lipinski definition) is 2. The SMILES string of the molecule is CC(=O)[C@@H]1CC[C@]2(C(=O)O)CC[C@]3(C)[C@H](C[C@@H](O)[C@@H]4[C@@]5(C)CCC(=O)C(C)(C)[C@@H]5CC[C@]43C)[C@@H]12. The average Bonchev–Trinajstić information content (AvgIpc) is 3.14. The van der Waals surface area contributed by atoms with Crippen molar-refractivity contribution >= 4 is 17.5 Å². The van der Waals surface area contributed by atoms with E-state index >= 15 is 0 Å². The van der Waals surface area contributed by atoms with Gasteiger partial charge in [0.1, 0.15) is 11.6 Å². The van der Waals surface area contributed by atoms with Crippen molar-refractivity contribution < 1.29 is 24.6 Å². The number of aliphatic hydroxyl groups is 1. The maximum atomic E-state index is 12.9. The molecule has 0 bridgehead atoms. The van der Waals surface area contributed by atoms with E-state index in [1.165, 1.54) is 0 Å². The van der Waals surface area contributed by atoms with Crippen LogP contribution in [0, 0.1) is 56.7 Å². The molecule has 2 N–H and O–H groups in total. The Balaban J connectivity index is 1.61. The molecular formula is C29H44O5. The van der Waals surface area contributed by atoms with Crippen LogP contribution in [-0.4, -0.2) is 33.9 Å². The first-order valence-corrected chi connectivity index (χ1v) is 13.6. The highest BCUT2D eigenvalue weighted by Crippen LogP contribution is 2.77. The van der Waals surface area contributed by atoms with Crippen LogP contribution in [0.1, 0.15) is 99.3 Å². The minimum absolute atomic E-state index is 0.0309. The fraction of sp³-hybridized carbons (Fsp3) is 0.897. The zero-order valence-electron chi connectivity index (χ0n) is 21.9. The highest BCUT2D eigenvalue weighted by Gasteiger charge is 2.74. The number of aliphatic carboxylic acids is 1. The highest BCUT2D eigenvalue weighted by atomic mass is 16.4. The van der Waals surface area contributed by atoms with Crippen molar-refractivity contribution in [3.05, 3.63) is 0 Å². The Morgan fingerprint density at radius 2 is 1.59 bits per heavy atom. The van der Waals surface area contributed by atoms with E-state index in [1.54, 1.807) is 6.92 Å². The normalized spacial score (nSPS) is 53.8.